The van der Waals surface area contributed by atoms with Gasteiger partial charge in [-0.3, -0.25) is 0 Å². The van der Waals surface area contributed by atoms with Crippen LogP contribution in [0.1, 0.15) is 11.6 Å². The molecule has 4 rings (SSSR count). The highest BCUT2D eigenvalue weighted by Crippen LogP contribution is 2.31. The average molecular weight is 417 g/mol. The standard InChI is InChI=1S/C23H19N3O5/c1-28-19-11-8-16(13-20(19)29-2)23-25-21(31-26-23)14-30-22(27)12-10-17-9-7-15-5-3-4-6-18(15)24-17/h3-13H,14H2,1-2H3/b12-10+. The van der Waals surface area contributed by atoms with E-state index in [0.717, 1.165) is 10.9 Å². The molecular weight excluding hydrogens is 398 g/mol. The first-order chi connectivity index (χ1) is 15.2. The van der Waals surface area contributed by atoms with E-state index in [1.165, 1.54) is 6.08 Å². The molecule has 0 bridgehead atoms. The summed E-state index contributed by atoms with van der Waals surface area (Å²) in [6, 6.07) is 16.8. The van der Waals surface area contributed by atoms with Gasteiger partial charge in [-0.25, -0.2) is 9.78 Å². The van der Waals surface area contributed by atoms with Crippen LogP contribution in [0, 0.1) is 0 Å². The Hall–Kier alpha value is -4.20. The van der Waals surface area contributed by atoms with E-state index in [-0.39, 0.29) is 12.5 Å². The van der Waals surface area contributed by atoms with Gasteiger partial charge in [0.05, 0.1) is 25.4 Å². The predicted octanol–water partition coefficient (Wildman–Crippen LogP) is 4.06. The third kappa shape index (κ3) is 4.69. The molecule has 0 aliphatic heterocycles. The van der Waals surface area contributed by atoms with E-state index in [1.807, 2.05) is 36.4 Å². The highest BCUT2D eigenvalue weighted by Gasteiger charge is 2.13. The number of methoxy groups -OCH3 is 2. The van der Waals surface area contributed by atoms with E-state index in [0.29, 0.717) is 28.6 Å². The van der Waals surface area contributed by atoms with E-state index >= 15 is 0 Å². The van der Waals surface area contributed by atoms with Gasteiger partial charge in [-0.2, -0.15) is 4.98 Å². The number of carbonyl (C=O) groups excluding carboxylic acids is 1. The fourth-order valence-electron chi connectivity index (χ4n) is 2.92. The molecule has 2 aromatic carbocycles. The molecule has 0 amide bonds. The molecular formula is C23H19N3O5. The van der Waals surface area contributed by atoms with Crippen LogP contribution in [0.3, 0.4) is 0 Å². The summed E-state index contributed by atoms with van der Waals surface area (Å²) >= 11 is 0. The van der Waals surface area contributed by atoms with Crippen molar-refractivity contribution in [3.05, 3.63) is 72.3 Å². The molecule has 31 heavy (non-hydrogen) atoms. The van der Waals surface area contributed by atoms with Crippen LogP contribution in [0.4, 0.5) is 0 Å². The lowest BCUT2D eigenvalue weighted by Gasteiger charge is -2.07. The Morgan fingerprint density at radius 2 is 1.84 bits per heavy atom. The fraction of sp³-hybridized carbons (Fsp3) is 0.130. The van der Waals surface area contributed by atoms with Gasteiger partial charge < -0.3 is 18.7 Å². The number of carbonyl (C=O) groups is 1. The van der Waals surface area contributed by atoms with Crippen LogP contribution in [0.15, 0.2) is 65.2 Å². The number of benzene rings is 2. The Labute approximate surface area is 178 Å². The van der Waals surface area contributed by atoms with Gasteiger partial charge in [-0.1, -0.05) is 29.4 Å². The minimum atomic E-state index is -0.541. The summed E-state index contributed by atoms with van der Waals surface area (Å²) in [7, 11) is 3.10. The molecule has 0 saturated carbocycles. The first-order valence-corrected chi connectivity index (χ1v) is 9.42. The van der Waals surface area contributed by atoms with Crippen molar-refractivity contribution in [3.63, 3.8) is 0 Å². The maximum atomic E-state index is 12.0. The second-order valence-electron chi connectivity index (χ2n) is 6.45. The van der Waals surface area contributed by atoms with Crippen LogP contribution in [0.2, 0.25) is 0 Å². The van der Waals surface area contributed by atoms with Crippen molar-refractivity contribution in [3.8, 4) is 22.9 Å². The number of hydrogen-bond acceptors (Lipinski definition) is 8. The molecule has 0 atom stereocenters. The van der Waals surface area contributed by atoms with Crippen LogP contribution < -0.4 is 9.47 Å². The largest absolute Gasteiger partial charge is 0.493 e. The van der Waals surface area contributed by atoms with Crippen molar-refractivity contribution in [2.24, 2.45) is 0 Å². The molecule has 0 unspecified atom stereocenters. The second kappa shape index (κ2) is 9.08. The average Bonchev–Trinajstić information content (AvgIpc) is 3.30. The molecule has 2 heterocycles. The van der Waals surface area contributed by atoms with Crippen LogP contribution in [0.25, 0.3) is 28.4 Å². The Kier molecular flexibility index (Phi) is 5.89. The Morgan fingerprint density at radius 1 is 1.00 bits per heavy atom. The quantitative estimate of drug-likeness (QED) is 0.328. The summed E-state index contributed by atoms with van der Waals surface area (Å²) in [5.74, 6) is 1.13. The number of rotatable bonds is 7. The summed E-state index contributed by atoms with van der Waals surface area (Å²) in [5.41, 5.74) is 2.19. The molecule has 0 fully saturated rings. The van der Waals surface area contributed by atoms with Crippen LogP contribution in [0.5, 0.6) is 11.5 Å². The van der Waals surface area contributed by atoms with E-state index in [1.54, 1.807) is 38.5 Å². The molecule has 156 valence electrons. The molecule has 0 radical (unpaired) electrons. The molecule has 0 N–H and O–H groups in total. The first kappa shape index (κ1) is 20.1. The van der Waals surface area contributed by atoms with Crippen molar-refractivity contribution in [2.75, 3.05) is 14.2 Å². The zero-order valence-corrected chi connectivity index (χ0v) is 16.9. The molecule has 8 heteroatoms. The van der Waals surface area contributed by atoms with Gasteiger partial charge >= 0.3 is 5.97 Å². The zero-order chi connectivity index (χ0) is 21.6. The molecule has 4 aromatic rings. The molecule has 0 aliphatic carbocycles. The maximum absolute atomic E-state index is 12.0. The number of fused-ring (bicyclic) bond motifs is 1. The van der Waals surface area contributed by atoms with Crippen LogP contribution in [-0.2, 0) is 16.1 Å². The topological polar surface area (TPSA) is 96.6 Å². The Morgan fingerprint density at radius 3 is 2.68 bits per heavy atom. The first-order valence-electron chi connectivity index (χ1n) is 9.42. The number of nitrogens with zero attached hydrogens (tertiary/aromatic N) is 3. The normalized spacial score (nSPS) is 11.0. The van der Waals surface area contributed by atoms with Crippen molar-refractivity contribution in [1.29, 1.82) is 0 Å². The molecule has 0 spiro atoms. The number of hydrogen-bond donors (Lipinski definition) is 0. The monoisotopic (exact) mass is 417 g/mol. The van der Waals surface area contributed by atoms with E-state index in [9.17, 15) is 4.79 Å². The van der Waals surface area contributed by atoms with Gasteiger partial charge in [0.25, 0.3) is 5.89 Å². The Bertz CT molecular complexity index is 1250. The molecule has 8 nitrogen and oxygen atoms in total. The summed E-state index contributed by atoms with van der Waals surface area (Å²) in [6.45, 7) is -0.144. The third-order valence-corrected chi connectivity index (χ3v) is 4.46. The fourth-order valence-corrected chi connectivity index (χ4v) is 2.92. The number of pyridine rings is 1. The van der Waals surface area contributed by atoms with Gasteiger partial charge in [-0.05, 0) is 36.4 Å². The van der Waals surface area contributed by atoms with Crippen molar-refractivity contribution in [1.82, 2.24) is 15.1 Å². The summed E-state index contributed by atoms with van der Waals surface area (Å²) in [5, 5.41) is 4.95. The minimum Gasteiger partial charge on any atom is -0.493 e. The lowest BCUT2D eigenvalue weighted by molar-refractivity contribution is -0.139. The SMILES string of the molecule is COc1ccc(-c2noc(COC(=O)/C=C/c3ccc4ccccc4n3)n2)cc1OC. The van der Waals surface area contributed by atoms with Gasteiger partial charge in [0, 0.05) is 17.0 Å². The van der Waals surface area contributed by atoms with Gasteiger partial charge in [-0.15, -0.1) is 0 Å². The highest BCUT2D eigenvalue weighted by atomic mass is 16.6. The molecule has 2 aromatic heterocycles. The van der Waals surface area contributed by atoms with Crippen LogP contribution >= 0.6 is 0 Å². The van der Waals surface area contributed by atoms with Gasteiger partial charge in [0.1, 0.15) is 0 Å². The van der Waals surface area contributed by atoms with E-state index in [2.05, 4.69) is 15.1 Å². The summed E-state index contributed by atoms with van der Waals surface area (Å²) < 4.78 is 20.8. The minimum absolute atomic E-state index is 0.144. The summed E-state index contributed by atoms with van der Waals surface area (Å²) in [4.78, 5) is 20.7. The zero-order valence-electron chi connectivity index (χ0n) is 16.9. The van der Waals surface area contributed by atoms with Crippen molar-refractivity contribution >= 4 is 22.9 Å². The summed E-state index contributed by atoms with van der Waals surface area (Å²) in [6.07, 6.45) is 2.90. The second-order valence-corrected chi connectivity index (χ2v) is 6.45. The lowest BCUT2D eigenvalue weighted by atomic mass is 10.2. The molecule has 0 aliphatic rings. The molecule has 0 saturated heterocycles. The van der Waals surface area contributed by atoms with Gasteiger partial charge in [0.15, 0.2) is 18.1 Å². The van der Waals surface area contributed by atoms with Crippen molar-refractivity contribution in [2.45, 2.75) is 6.61 Å². The smallest absolute Gasteiger partial charge is 0.331 e. The predicted molar refractivity (Wildman–Crippen MR) is 113 cm³/mol. The Balaban J connectivity index is 1.37. The van der Waals surface area contributed by atoms with Crippen molar-refractivity contribution < 1.29 is 23.5 Å². The lowest BCUT2D eigenvalue weighted by Crippen LogP contribution is -2.01. The van der Waals surface area contributed by atoms with E-state index in [4.69, 9.17) is 18.7 Å². The number of para-hydroxylation sites is 1. The highest BCUT2D eigenvalue weighted by molar-refractivity contribution is 5.87. The number of esters is 1. The third-order valence-electron chi connectivity index (χ3n) is 4.46. The van der Waals surface area contributed by atoms with E-state index < -0.39 is 5.97 Å². The van der Waals surface area contributed by atoms with Crippen LogP contribution in [-0.4, -0.2) is 35.3 Å². The number of ether oxygens (including phenoxy) is 3. The number of aromatic nitrogens is 3. The maximum Gasteiger partial charge on any atom is 0.331 e. The van der Waals surface area contributed by atoms with Gasteiger partial charge in [0.2, 0.25) is 5.82 Å².